The number of methoxy groups -OCH3 is 1. The second-order valence-electron chi connectivity index (χ2n) is 6.01. The van der Waals surface area contributed by atoms with Crippen LogP contribution >= 0.6 is 0 Å². The normalized spacial score (nSPS) is 15.0. The Labute approximate surface area is 156 Å². The van der Waals surface area contributed by atoms with Crippen molar-refractivity contribution in [2.24, 2.45) is 0 Å². The number of anilines is 1. The van der Waals surface area contributed by atoms with Gasteiger partial charge in [0.2, 0.25) is 5.91 Å². The lowest BCUT2D eigenvalue weighted by Gasteiger charge is -2.12. The molecule has 0 atom stereocenters. The summed E-state index contributed by atoms with van der Waals surface area (Å²) in [4.78, 5) is 37.7. The molecule has 0 aliphatic carbocycles. The Morgan fingerprint density at radius 1 is 1.15 bits per heavy atom. The minimum atomic E-state index is -0.621. The van der Waals surface area contributed by atoms with Crippen LogP contribution in [0.2, 0.25) is 0 Å². The number of hydrogen-bond donors (Lipinski definition) is 2. The number of amides is 4. The summed E-state index contributed by atoms with van der Waals surface area (Å²) in [6, 6.07) is 13.6. The van der Waals surface area contributed by atoms with E-state index >= 15 is 0 Å². The molecule has 27 heavy (non-hydrogen) atoms. The fourth-order valence-electron chi connectivity index (χ4n) is 2.64. The first-order valence-corrected chi connectivity index (χ1v) is 8.32. The monoisotopic (exact) mass is 365 g/mol. The molecule has 3 rings (SSSR count). The second kappa shape index (κ2) is 7.74. The highest BCUT2D eigenvalue weighted by molar-refractivity contribution is 6.16. The smallest absolute Gasteiger partial charge is 0.329 e. The van der Waals surface area contributed by atoms with Crippen molar-refractivity contribution in [2.45, 2.75) is 6.92 Å². The number of benzene rings is 2. The topological polar surface area (TPSA) is 87.7 Å². The summed E-state index contributed by atoms with van der Waals surface area (Å²) < 4.78 is 5.05. The van der Waals surface area contributed by atoms with Crippen molar-refractivity contribution >= 4 is 29.6 Å². The SMILES string of the molecule is COc1ccc(NC(=O)CN2C(=O)N/C(=C\c3ccccc3C)C2=O)cc1. The van der Waals surface area contributed by atoms with E-state index in [0.717, 1.165) is 16.0 Å². The molecule has 0 unspecified atom stereocenters. The van der Waals surface area contributed by atoms with E-state index in [1.807, 2.05) is 31.2 Å². The zero-order valence-corrected chi connectivity index (χ0v) is 15.0. The number of hydrogen-bond acceptors (Lipinski definition) is 4. The molecule has 4 amide bonds. The zero-order valence-electron chi connectivity index (χ0n) is 15.0. The molecule has 1 aliphatic heterocycles. The van der Waals surface area contributed by atoms with Crippen molar-refractivity contribution < 1.29 is 19.1 Å². The molecular weight excluding hydrogens is 346 g/mol. The number of aryl methyl sites for hydroxylation is 1. The predicted molar refractivity (Wildman–Crippen MR) is 101 cm³/mol. The standard InChI is InChI=1S/C20H19N3O4/c1-13-5-3-4-6-14(13)11-17-19(25)23(20(26)22-17)12-18(24)21-15-7-9-16(27-2)10-8-15/h3-11H,12H2,1-2H3,(H,21,24)(H,22,26)/b17-11-. The third kappa shape index (κ3) is 4.14. The van der Waals surface area contributed by atoms with E-state index in [1.54, 1.807) is 37.5 Å². The van der Waals surface area contributed by atoms with Crippen LogP contribution in [0.25, 0.3) is 6.08 Å². The van der Waals surface area contributed by atoms with Crippen LogP contribution < -0.4 is 15.4 Å². The maximum absolute atomic E-state index is 12.5. The molecule has 0 radical (unpaired) electrons. The molecule has 2 aromatic carbocycles. The molecule has 2 aromatic rings. The van der Waals surface area contributed by atoms with Crippen molar-refractivity contribution in [1.29, 1.82) is 0 Å². The molecule has 1 aliphatic rings. The molecule has 2 N–H and O–H groups in total. The molecule has 7 nitrogen and oxygen atoms in total. The van der Waals surface area contributed by atoms with E-state index in [9.17, 15) is 14.4 Å². The van der Waals surface area contributed by atoms with Crippen molar-refractivity contribution in [2.75, 3.05) is 19.0 Å². The van der Waals surface area contributed by atoms with Gasteiger partial charge < -0.3 is 15.4 Å². The van der Waals surface area contributed by atoms with Crippen molar-refractivity contribution in [3.8, 4) is 5.75 Å². The van der Waals surface area contributed by atoms with E-state index in [2.05, 4.69) is 10.6 Å². The van der Waals surface area contributed by atoms with Gasteiger partial charge in [-0.1, -0.05) is 24.3 Å². The average Bonchev–Trinajstić information content (AvgIpc) is 2.91. The predicted octanol–water partition coefficient (Wildman–Crippen LogP) is 2.54. The molecule has 0 aromatic heterocycles. The Morgan fingerprint density at radius 2 is 1.85 bits per heavy atom. The fourth-order valence-corrected chi connectivity index (χ4v) is 2.64. The Hall–Kier alpha value is -3.61. The van der Waals surface area contributed by atoms with Crippen molar-refractivity contribution in [3.63, 3.8) is 0 Å². The highest BCUT2D eigenvalue weighted by atomic mass is 16.5. The van der Waals surface area contributed by atoms with Gasteiger partial charge in [0, 0.05) is 5.69 Å². The zero-order chi connectivity index (χ0) is 19.4. The molecule has 0 spiro atoms. The number of rotatable bonds is 5. The van der Waals surface area contributed by atoms with E-state index < -0.39 is 17.8 Å². The van der Waals surface area contributed by atoms with Crippen LogP contribution in [-0.2, 0) is 9.59 Å². The highest BCUT2D eigenvalue weighted by Crippen LogP contribution is 2.18. The minimum absolute atomic E-state index is 0.145. The van der Waals surface area contributed by atoms with Crippen molar-refractivity contribution in [1.82, 2.24) is 10.2 Å². The van der Waals surface area contributed by atoms with Crippen LogP contribution in [0, 0.1) is 6.92 Å². The minimum Gasteiger partial charge on any atom is -0.497 e. The van der Waals surface area contributed by atoms with E-state index in [1.165, 1.54) is 0 Å². The lowest BCUT2D eigenvalue weighted by atomic mass is 10.1. The summed E-state index contributed by atoms with van der Waals surface area (Å²) in [5.41, 5.74) is 2.49. The lowest BCUT2D eigenvalue weighted by molar-refractivity contribution is -0.127. The second-order valence-corrected chi connectivity index (χ2v) is 6.01. The third-order valence-corrected chi connectivity index (χ3v) is 4.13. The Bertz CT molecular complexity index is 919. The summed E-state index contributed by atoms with van der Waals surface area (Å²) in [5, 5.41) is 5.16. The molecule has 1 heterocycles. The summed E-state index contributed by atoms with van der Waals surface area (Å²) in [7, 11) is 1.55. The molecule has 0 bridgehead atoms. The first-order chi connectivity index (χ1) is 13.0. The highest BCUT2D eigenvalue weighted by Gasteiger charge is 2.34. The van der Waals surface area contributed by atoms with Crippen LogP contribution in [0.15, 0.2) is 54.2 Å². The maximum Gasteiger partial charge on any atom is 0.329 e. The van der Waals surface area contributed by atoms with Crippen LogP contribution in [0.4, 0.5) is 10.5 Å². The number of nitrogens with one attached hydrogen (secondary N) is 2. The van der Waals surface area contributed by atoms with Gasteiger partial charge in [-0.15, -0.1) is 0 Å². The molecule has 1 saturated heterocycles. The molecular formula is C20H19N3O4. The number of imide groups is 1. The van der Waals surface area contributed by atoms with Gasteiger partial charge in [-0.3, -0.25) is 9.59 Å². The van der Waals surface area contributed by atoms with Crippen LogP contribution in [0.5, 0.6) is 5.75 Å². The first kappa shape index (κ1) is 18.2. The van der Waals surface area contributed by atoms with Gasteiger partial charge in [0.25, 0.3) is 5.91 Å². The van der Waals surface area contributed by atoms with Gasteiger partial charge in [-0.05, 0) is 48.4 Å². The van der Waals surface area contributed by atoms with Gasteiger partial charge in [-0.25, -0.2) is 9.69 Å². The van der Waals surface area contributed by atoms with Crippen LogP contribution in [-0.4, -0.2) is 36.4 Å². The average molecular weight is 365 g/mol. The maximum atomic E-state index is 12.5. The number of nitrogens with zero attached hydrogens (tertiary/aromatic N) is 1. The summed E-state index contributed by atoms with van der Waals surface area (Å²) in [6.07, 6.45) is 1.61. The Morgan fingerprint density at radius 3 is 2.52 bits per heavy atom. The lowest BCUT2D eigenvalue weighted by Crippen LogP contribution is -2.38. The van der Waals surface area contributed by atoms with Gasteiger partial charge in [0.1, 0.15) is 18.0 Å². The van der Waals surface area contributed by atoms with E-state index in [0.29, 0.717) is 11.4 Å². The van der Waals surface area contributed by atoms with Crippen LogP contribution in [0.3, 0.4) is 0 Å². The molecule has 138 valence electrons. The number of urea groups is 1. The molecule has 7 heteroatoms. The largest absolute Gasteiger partial charge is 0.497 e. The summed E-state index contributed by atoms with van der Waals surface area (Å²) >= 11 is 0. The quantitative estimate of drug-likeness (QED) is 0.630. The number of carbonyl (C=O) groups is 3. The van der Waals surface area contributed by atoms with Crippen LogP contribution in [0.1, 0.15) is 11.1 Å². The fraction of sp³-hybridized carbons (Fsp3) is 0.150. The summed E-state index contributed by atoms with van der Waals surface area (Å²) in [6.45, 7) is 1.54. The number of ether oxygens (including phenoxy) is 1. The molecule has 1 fully saturated rings. The number of carbonyl (C=O) groups excluding carboxylic acids is 3. The first-order valence-electron chi connectivity index (χ1n) is 8.32. The van der Waals surface area contributed by atoms with Gasteiger partial charge >= 0.3 is 6.03 Å². The Balaban J connectivity index is 1.68. The molecule has 0 saturated carbocycles. The van der Waals surface area contributed by atoms with Gasteiger partial charge in [0.15, 0.2) is 0 Å². The van der Waals surface area contributed by atoms with E-state index in [4.69, 9.17) is 4.74 Å². The summed E-state index contributed by atoms with van der Waals surface area (Å²) in [5.74, 6) is -0.345. The Kier molecular flexibility index (Phi) is 5.21. The van der Waals surface area contributed by atoms with Gasteiger partial charge in [0.05, 0.1) is 7.11 Å². The van der Waals surface area contributed by atoms with Crippen molar-refractivity contribution in [3.05, 3.63) is 65.4 Å². The third-order valence-electron chi connectivity index (χ3n) is 4.13. The van der Waals surface area contributed by atoms with E-state index in [-0.39, 0.29) is 12.2 Å². The van der Waals surface area contributed by atoms with Gasteiger partial charge in [-0.2, -0.15) is 0 Å².